The number of benzene rings is 1. The number of rotatable bonds is 7. The van der Waals surface area contributed by atoms with E-state index < -0.39 is 0 Å². The molecule has 102 valence electrons. The fraction of sp³-hybridized carbons (Fsp3) is 0.333. The first-order chi connectivity index (χ1) is 9.04. The zero-order valence-corrected chi connectivity index (χ0v) is 11.5. The summed E-state index contributed by atoms with van der Waals surface area (Å²) in [5, 5.41) is 10.9. The van der Waals surface area contributed by atoms with Crippen LogP contribution in [0.5, 0.6) is 0 Å². The summed E-state index contributed by atoms with van der Waals surface area (Å²) in [6.45, 7) is 10.5. The first-order valence-electron chi connectivity index (χ1n) is 6.31. The summed E-state index contributed by atoms with van der Waals surface area (Å²) < 4.78 is 0. The van der Waals surface area contributed by atoms with Crippen molar-refractivity contribution >= 4 is 11.8 Å². The zero-order chi connectivity index (χ0) is 14.3. The van der Waals surface area contributed by atoms with Crippen LogP contribution in [0.15, 0.2) is 42.5 Å². The molecule has 1 rings (SSSR count). The molecule has 0 aliphatic carbocycles. The van der Waals surface area contributed by atoms with Gasteiger partial charge in [-0.15, -0.1) is 0 Å². The first kappa shape index (κ1) is 15.1. The van der Waals surface area contributed by atoms with Gasteiger partial charge in [0, 0.05) is 19.2 Å². The molecule has 0 aromatic heterocycles. The second-order valence-electron chi connectivity index (χ2n) is 4.50. The summed E-state index contributed by atoms with van der Waals surface area (Å²) in [5.74, 6) is 0. The lowest BCUT2D eigenvalue weighted by Gasteiger charge is -2.18. The van der Waals surface area contributed by atoms with Gasteiger partial charge in [0.2, 0.25) is 0 Å². The monoisotopic (exact) mass is 260 g/mol. The van der Waals surface area contributed by atoms with Crippen LogP contribution < -0.4 is 0 Å². The van der Waals surface area contributed by atoms with Crippen molar-refractivity contribution in [1.82, 2.24) is 4.90 Å². The molecule has 19 heavy (non-hydrogen) atoms. The molecule has 0 bridgehead atoms. The Hall–Kier alpha value is -1.94. The van der Waals surface area contributed by atoms with E-state index in [2.05, 4.69) is 18.4 Å². The van der Waals surface area contributed by atoms with E-state index in [1.165, 1.54) is 6.07 Å². The maximum absolute atomic E-state index is 10.9. The minimum atomic E-state index is -0.356. The van der Waals surface area contributed by atoms with Gasteiger partial charge in [0.25, 0.3) is 5.69 Å². The third-order valence-corrected chi connectivity index (χ3v) is 2.74. The Morgan fingerprint density at radius 3 is 2.74 bits per heavy atom. The lowest BCUT2D eigenvalue weighted by Crippen LogP contribution is -2.24. The average molecular weight is 260 g/mol. The Morgan fingerprint density at radius 1 is 1.47 bits per heavy atom. The average Bonchev–Trinajstić information content (AvgIpc) is 2.37. The molecule has 0 saturated heterocycles. The third kappa shape index (κ3) is 5.06. The first-order valence-corrected chi connectivity index (χ1v) is 6.31. The van der Waals surface area contributed by atoms with Crippen LogP contribution in [-0.4, -0.2) is 29.5 Å². The van der Waals surface area contributed by atoms with E-state index >= 15 is 0 Å². The molecule has 0 spiro atoms. The maximum Gasteiger partial charge on any atom is 0.276 e. The second kappa shape index (κ2) is 7.48. The number of nitro groups is 1. The molecule has 0 heterocycles. The van der Waals surface area contributed by atoms with Crippen molar-refractivity contribution in [3.63, 3.8) is 0 Å². The van der Waals surface area contributed by atoms with Gasteiger partial charge in [0.15, 0.2) is 0 Å². The highest BCUT2D eigenvalue weighted by Crippen LogP contribution is 2.18. The fourth-order valence-corrected chi connectivity index (χ4v) is 1.81. The van der Waals surface area contributed by atoms with Crippen molar-refractivity contribution in [2.24, 2.45) is 0 Å². The fourth-order valence-electron chi connectivity index (χ4n) is 1.81. The number of nitrogens with zero attached hydrogens (tertiary/aromatic N) is 2. The molecular formula is C15H20N2O2. The highest BCUT2D eigenvalue weighted by Gasteiger charge is 2.09. The molecule has 0 radical (unpaired) electrons. The van der Waals surface area contributed by atoms with Gasteiger partial charge in [-0.2, -0.15) is 0 Å². The van der Waals surface area contributed by atoms with Gasteiger partial charge in [0.1, 0.15) is 0 Å². The van der Waals surface area contributed by atoms with Crippen molar-refractivity contribution in [2.75, 3.05) is 19.6 Å². The van der Waals surface area contributed by atoms with Crippen molar-refractivity contribution in [2.45, 2.75) is 13.8 Å². The molecule has 1 aromatic carbocycles. The predicted molar refractivity (Wildman–Crippen MR) is 79.1 cm³/mol. The van der Waals surface area contributed by atoms with Crippen molar-refractivity contribution < 1.29 is 4.92 Å². The standard InChI is InChI=1S/C15H20N2O2/c1-4-16(12-13(2)3)11-7-9-14-8-5-6-10-15(14)17(18)19/h5-10H,2,4,11-12H2,1,3H3/b9-7+. The Kier molecular flexibility index (Phi) is 5.96. The normalized spacial score (nSPS) is 11.1. The number of hydrogen-bond acceptors (Lipinski definition) is 3. The van der Waals surface area contributed by atoms with E-state index in [1.54, 1.807) is 24.3 Å². The summed E-state index contributed by atoms with van der Waals surface area (Å²) in [6.07, 6.45) is 3.76. The quantitative estimate of drug-likeness (QED) is 0.428. The van der Waals surface area contributed by atoms with E-state index in [4.69, 9.17) is 0 Å². The van der Waals surface area contributed by atoms with Crippen LogP contribution in [0, 0.1) is 10.1 Å². The molecule has 0 amide bonds. The topological polar surface area (TPSA) is 46.4 Å². The minimum Gasteiger partial charge on any atom is -0.296 e. The predicted octanol–water partition coefficient (Wildman–Crippen LogP) is 3.51. The van der Waals surface area contributed by atoms with Gasteiger partial charge >= 0.3 is 0 Å². The van der Waals surface area contributed by atoms with Crippen LogP contribution in [0.25, 0.3) is 6.08 Å². The van der Waals surface area contributed by atoms with Gasteiger partial charge < -0.3 is 0 Å². The molecule has 1 aromatic rings. The van der Waals surface area contributed by atoms with E-state index in [-0.39, 0.29) is 10.6 Å². The maximum atomic E-state index is 10.9. The second-order valence-corrected chi connectivity index (χ2v) is 4.50. The molecule has 0 unspecified atom stereocenters. The van der Waals surface area contributed by atoms with Gasteiger partial charge in [0.05, 0.1) is 10.5 Å². The minimum absolute atomic E-state index is 0.140. The van der Waals surface area contributed by atoms with E-state index in [1.807, 2.05) is 13.0 Å². The van der Waals surface area contributed by atoms with Crippen LogP contribution in [0.4, 0.5) is 5.69 Å². The van der Waals surface area contributed by atoms with Gasteiger partial charge in [-0.1, -0.05) is 43.4 Å². The Bertz CT molecular complexity index is 481. The van der Waals surface area contributed by atoms with Gasteiger partial charge in [-0.05, 0) is 19.5 Å². The summed E-state index contributed by atoms with van der Waals surface area (Å²) >= 11 is 0. The highest BCUT2D eigenvalue weighted by molar-refractivity contribution is 5.60. The Labute approximate surface area is 114 Å². The Morgan fingerprint density at radius 2 is 2.16 bits per heavy atom. The Balaban J connectivity index is 2.71. The molecular weight excluding hydrogens is 240 g/mol. The summed E-state index contributed by atoms with van der Waals surface area (Å²) in [5.41, 5.74) is 1.89. The zero-order valence-electron chi connectivity index (χ0n) is 11.5. The van der Waals surface area contributed by atoms with Crippen LogP contribution in [0.1, 0.15) is 19.4 Å². The number of nitro benzene ring substituents is 1. The third-order valence-electron chi connectivity index (χ3n) is 2.74. The molecule has 0 N–H and O–H groups in total. The molecule has 0 aliphatic heterocycles. The van der Waals surface area contributed by atoms with Gasteiger partial charge in [-0.3, -0.25) is 15.0 Å². The largest absolute Gasteiger partial charge is 0.296 e. The highest BCUT2D eigenvalue weighted by atomic mass is 16.6. The SMILES string of the molecule is C=C(C)CN(CC)C/C=C/c1ccccc1[N+](=O)[O-]. The lowest BCUT2D eigenvalue weighted by molar-refractivity contribution is -0.385. The van der Waals surface area contributed by atoms with Crippen molar-refractivity contribution in [3.05, 3.63) is 58.2 Å². The summed E-state index contributed by atoms with van der Waals surface area (Å²) in [6, 6.07) is 6.75. The van der Waals surface area contributed by atoms with Gasteiger partial charge in [-0.25, -0.2) is 0 Å². The number of likely N-dealkylation sites (N-methyl/N-ethyl adjacent to an activating group) is 1. The lowest BCUT2D eigenvalue weighted by atomic mass is 10.1. The van der Waals surface area contributed by atoms with E-state index in [9.17, 15) is 10.1 Å². The van der Waals surface area contributed by atoms with Crippen LogP contribution >= 0.6 is 0 Å². The smallest absolute Gasteiger partial charge is 0.276 e. The van der Waals surface area contributed by atoms with Crippen LogP contribution in [-0.2, 0) is 0 Å². The van der Waals surface area contributed by atoms with E-state index in [0.717, 1.165) is 25.2 Å². The molecule has 4 nitrogen and oxygen atoms in total. The van der Waals surface area contributed by atoms with Crippen molar-refractivity contribution in [1.29, 1.82) is 0 Å². The molecule has 0 fully saturated rings. The van der Waals surface area contributed by atoms with Crippen LogP contribution in [0.2, 0.25) is 0 Å². The van der Waals surface area contributed by atoms with Crippen LogP contribution in [0.3, 0.4) is 0 Å². The molecule has 0 aliphatic rings. The molecule has 0 saturated carbocycles. The summed E-state index contributed by atoms with van der Waals surface area (Å²) in [7, 11) is 0. The molecule has 4 heteroatoms. The van der Waals surface area contributed by atoms with E-state index in [0.29, 0.717) is 5.56 Å². The summed E-state index contributed by atoms with van der Waals surface area (Å²) in [4.78, 5) is 12.7. The molecule has 0 atom stereocenters. The van der Waals surface area contributed by atoms with Crippen molar-refractivity contribution in [3.8, 4) is 0 Å². The number of para-hydroxylation sites is 1. The number of hydrogen-bond donors (Lipinski definition) is 0.